The summed E-state index contributed by atoms with van der Waals surface area (Å²) in [4.78, 5) is 3.87. The Kier molecular flexibility index (Phi) is 2.74. The number of hydrogen-bond acceptors (Lipinski definition) is 5. The molecule has 78 valence electrons. The van der Waals surface area contributed by atoms with Crippen LogP contribution < -0.4 is 5.32 Å². The third-order valence-corrected chi connectivity index (χ3v) is 2.58. The second-order valence-electron chi connectivity index (χ2n) is 3.57. The molecule has 0 radical (unpaired) electrons. The van der Waals surface area contributed by atoms with Crippen LogP contribution in [0.5, 0.6) is 0 Å². The lowest BCUT2D eigenvalue weighted by molar-refractivity contribution is 0.141. The van der Waals surface area contributed by atoms with Gasteiger partial charge in [0.15, 0.2) is 5.82 Å². The van der Waals surface area contributed by atoms with E-state index in [0.717, 1.165) is 32.0 Å². The summed E-state index contributed by atoms with van der Waals surface area (Å²) >= 11 is 0. The van der Waals surface area contributed by atoms with Gasteiger partial charge in [0, 0.05) is 19.1 Å². The van der Waals surface area contributed by atoms with Gasteiger partial charge in [-0.15, -0.1) is 10.2 Å². The Bertz CT molecular complexity index is 292. The van der Waals surface area contributed by atoms with Crippen LogP contribution in [0.1, 0.15) is 12.7 Å². The molecule has 1 aliphatic heterocycles. The summed E-state index contributed by atoms with van der Waals surface area (Å²) in [5.74, 6) is 0.807. The average Bonchev–Trinajstić information content (AvgIpc) is 2.47. The molecule has 0 bridgehead atoms. The lowest BCUT2D eigenvalue weighted by Crippen LogP contribution is -2.56. The predicted octanol–water partition coefficient (Wildman–Crippen LogP) is -0.996. The van der Waals surface area contributed by atoms with Crippen molar-refractivity contribution in [2.45, 2.75) is 19.5 Å². The van der Waals surface area contributed by atoms with Gasteiger partial charge in [-0.3, -0.25) is 4.90 Å². The van der Waals surface area contributed by atoms with Crippen LogP contribution in [-0.4, -0.2) is 50.8 Å². The molecule has 0 amide bonds. The monoisotopic (exact) mass is 196 g/mol. The summed E-state index contributed by atoms with van der Waals surface area (Å²) < 4.78 is 0. The molecule has 0 aromatic carbocycles. The maximum atomic E-state index is 4.17. The van der Waals surface area contributed by atoms with Crippen LogP contribution in [-0.2, 0) is 13.6 Å². The number of nitrogens with one attached hydrogen (secondary N) is 1. The van der Waals surface area contributed by atoms with Crippen molar-refractivity contribution in [2.24, 2.45) is 7.05 Å². The van der Waals surface area contributed by atoms with Gasteiger partial charge in [-0.05, 0) is 11.8 Å². The molecule has 6 nitrogen and oxygen atoms in total. The van der Waals surface area contributed by atoms with Gasteiger partial charge in [0.1, 0.15) is 0 Å². The molecule has 1 fully saturated rings. The van der Waals surface area contributed by atoms with E-state index in [9.17, 15) is 0 Å². The Morgan fingerprint density at radius 2 is 2.36 bits per heavy atom. The quantitative estimate of drug-likeness (QED) is 0.669. The van der Waals surface area contributed by atoms with Gasteiger partial charge in [0.2, 0.25) is 0 Å². The highest BCUT2D eigenvalue weighted by Gasteiger charge is 2.24. The second-order valence-corrected chi connectivity index (χ2v) is 3.57. The van der Waals surface area contributed by atoms with Crippen LogP contribution >= 0.6 is 0 Å². The molecule has 1 aliphatic rings. The maximum absolute atomic E-state index is 4.17. The Balaban J connectivity index is 1.93. The van der Waals surface area contributed by atoms with Crippen molar-refractivity contribution in [2.75, 3.05) is 19.6 Å². The van der Waals surface area contributed by atoms with Crippen molar-refractivity contribution in [3.8, 4) is 0 Å². The van der Waals surface area contributed by atoms with Gasteiger partial charge in [-0.1, -0.05) is 6.92 Å². The van der Waals surface area contributed by atoms with Crippen LogP contribution in [0.4, 0.5) is 0 Å². The van der Waals surface area contributed by atoms with Crippen LogP contribution in [0.25, 0.3) is 0 Å². The molecule has 2 rings (SSSR count). The molecule has 0 spiro atoms. The van der Waals surface area contributed by atoms with E-state index in [4.69, 9.17) is 0 Å². The topological polar surface area (TPSA) is 58.9 Å². The van der Waals surface area contributed by atoms with Gasteiger partial charge >= 0.3 is 0 Å². The van der Waals surface area contributed by atoms with Crippen molar-refractivity contribution < 1.29 is 0 Å². The SMILES string of the molecule is CCN(Cc1nnn(C)n1)C1CNC1. The summed E-state index contributed by atoms with van der Waals surface area (Å²) in [7, 11) is 1.79. The molecule has 14 heavy (non-hydrogen) atoms. The number of aromatic nitrogens is 4. The Labute approximate surface area is 83.3 Å². The maximum Gasteiger partial charge on any atom is 0.188 e. The Morgan fingerprint density at radius 3 is 2.79 bits per heavy atom. The minimum absolute atomic E-state index is 0.642. The number of tetrazole rings is 1. The zero-order valence-corrected chi connectivity index (χ0v) is 8.64. The number of rotatable bonds is 4. The number of hydrogen-bond donors (Lipinski definition) is 1. The second kappa shape index (κ2) is 4.02. The zero-order valence-electron chi connectivity index (χ0n) is 8.64. The van der Waals surface area contributed by atoms with E-state index in [1.54, 1.807) is 7.05 Å². The van der Waals surface area contributed by atoms with Crippen LogP contribution in [0.3, 0.4) is 0 Å². The lowest BCUT2D eigenvalue weighted by Gasteiger charge is -2.36. The summed E-state index contributed by atoms with van der Waals surface area (Å²) in [6, 6.07) is 0.642. The summed E-state index contributed by atoms with van der Waals surface area (Å²) in [5, 5.41) is 15.2. The molecular weight excluding hydrogens is 180 g/mol. The van der Waals surface area contributed by atoms with E-state index in [0.29, 0.717) is 6.04 Å². The van der Waals surface area contributed by atoms with E-state index in [1.165, 1.54) is 4.80 Å². The lowest BCUT2D eigenvalue weighted by atomic mass is 10.1. The molecule has 1 aromatic rings. The standard InChI is InChI=1S/C8H16N6/c1-3-14(7-4-9-5-7)6-8-10-12-13(2)11-8/h7,9H,3-6H2,1-2H3. The molecular formula is C8H16N6. The molecule has 1 aromatic heterocycles. The normalized spacial score (nSPS) is 17.4. The van der Waals surface area contributed by atoms with Crippen LogP contribution in [0.15, 0.2) is 0 Å². The van der Waals surface area contributed by atoms with E-state index < -0.39 is 0 Å². The minimum atomic E-state index is 0.642. The third-order valence-electron chi connectivity index (χ3n) is 2.58. The Morgan fingerprint density at radius 1 is 1.57 bits per heavy atom. The van der Waals surface area contributed by atoms with Crippen molar-refractivity contribution >= 4 is 0 Å². The summed E-state index contributed by atoms with van der Waals surface area (Å²) in [5.41, 5.74) is 0. The molecule has 2 heterocycles. The molecule has 0 unspecified atom stereocenters. The highest BCUT2D eigenvalue weighted by molar-refractivity contribution is 4.87. The molecule has 0 atom stereocenters. The number of nitrogens with zero attached hydrogens (tertiary/aromatic N) is 5. The molecule has 1 saturated heterocycles. The van der Waals surface area contributed by atoms with E-state index in [1.807, 2.05) is 0 Å². The number of likely N-dealkylation sites (N-methyl/N-ethyl adjacent to an activating group) is 1. The molecule has 0 aliphatic carbocycles. The largest absolute Gasteiger partial charge is 0.314 e. The van der Waals surface area contributed by atoms with Gasteiger partial charge in [-0.25, -0.2) is 0 Å². The van der Waals surface area contributed by atoms with Gasteiger partial charge in [0.25, 0.3) is 0 Å². The first-order valence-electron chi connectivity index (χ1n) is 4.97. The summed E-state index contributed by atoms with van der Waals surface area (Å²) in [6.07, 6.45) is 0. The van der Waals surface area contributed by atoms with Crippen LogP contribution in [0, 0.1) is 0 Å². The van der Waals surface area contributed by atoms with Crippen molar-refractivity contribution in [3.63, 3.8) is 0 Å². The third kappa shape index (κ3) is 1.91. The molecule has 6 heteroatoms. The highest BCUT2D eigenvalue weighted by Crippen LogP contribution is 2.07. The van der Waals surface area contributed by atoms with E-state index >= 15 is 0 Å². The van der Waals surface area contributed by atoms with E-state index in [2.05, 4.69) is 32.6 Å². The van der Waals surface area contributed by atoms with Gasteiger partial charge < -0.3 is 5.32 Å². The first-order valence-corrected chi connectivity index (χ1v) is 4.97. The predicted molar refractivity (Wildman–Crippen MR) is 51.5 cm³/mol. The fraction of sp³-hybridized carbons (Fsp3) is 0.875. The highest BCUT2D eigenvalue weighted by atomic mass is 15.6. The average molecular weight is 196 g/mol. The van der Waals surface area contributed by atoms with Crippen molar-refractivity contribution in [1.82, 2.24) is 30.4 Å². The van der Waals surface area contributed by atoms with Crippen molar-refractivity contribution in [1.29, 1.82) is 0 Å². The summed E-state index contributed by atoms with van der Waals surface area (Å²) in [6.45, 7) is 6.15. The minimum Gasteiger partial charge on any atom is -0.314 e. The Hall–Kier alpha value is -1.01. The molecule has 1 N–H and O–H groups in total. The molecule has 0 saturated carbocycles. The van der Waals surface area contributed by atoms with Gasteiger partial charge in [-0.2, -0.15) is 4.80 Å². The zero-order chi connectivity index (χ0) is 9.97. The van der Waals surface area contributed by atoms with E-state index in [-0.39, 0.29) is 0 Å². The first-order chi connectivity index (χ1) is 6.79. The van der Waals surface area contributed by atoms with Crippen LogP contribution in [0.2, 0.25) is 0 Å². The fourth-order valence-electron chi connectivity index (χ4n) is 1.60. The smallest absolute Gasteiger partial charge is 0.188 e. The first kappa shape index (κ1) is 9.54. The number of aryl methyl sites for hydroxylation is 1. The fourth-order valence-corrected chi connectivity index (χ4v) is 1.60. The van der Waals surface area contributed by atoms with Gasteiger partial charge in [0.05, 0.1) is 13.6 Å². The van der Waals surface area contributed by atoms with Crippen molar-refractivity contribution in [3.05, 3.63) is 5.82 Å².